The van der Waals surface area contributed by atoms with E-state index in [1.165, 1.54) is 11.8 Å². The molecular weight excluding hydrogens is 294 g/mol. The van der Waals surface area contributed by atoms with E-state index in [1.807, 2.05) is 61.5 Å². The molecule has 0 radical (unpaired) electrons. The van der Waals surface area contributed by atoms with Crippen LogP contribution >= 0.6 is 11.8 Å². The van der Waals surface area contributed by atoms with Crippen LogP contribution in [0.15, 0.2) is 54.6 Å². The maximum absolute atomic E-state index is 12.8. The second-order valence-corrected chi connectivity index (χ2v) is 6.55. The maximum atomic E-state index is 12.8. The predicted molar refractivity (Wildman–Crippen MR) is 89.1 cm³/mol. The van der Waals surface area contributed by atoms with Crippen LogP contribution in [0.1, 0.15) is 27.5 Å². The number of carbonyl (C=O) groups is 2. The molecule has 1 aliphatic heterocycles. The zero-order valence-corrected chi connectivity index (χ0v) is 13.1. The van der Waals surface area contributed by atoms with E-state index in [2.05, 4.69) is 5.32 Å². The van der Waals surface area contributed by atoms with Gasteiger partial charge in [0.1, 0.15) is 0 Å². The number of rotatable bonds is 3. The number of nitrogens with one attached hydrogen (secondary N) is 1. The zero-order valence-electron chi connectivity index (χ0n) is 12.3. The molecule has 1 heterocycles. The topological polar surface area (TPSA) is 46.2 Å². The van der Waals surface area contributed by atoms with Gasteiger partial charge in [-0.3, -0.25) is 9.59 Å². The van der Waals surface area contributed by atoms with Gasteiger partial charge in [0.05, 0.1) is 17.0 Å². The van der Waals surface area contributed by atoms with Crippen molar-refractivity contribution in [1.82, 2.24) is 5.32 Å². The second kappa shape index (κ2) is 6.36. The molecule has 0 aromatic heterocycles. The highest BCUT2D eigenvalue weighted by molar-refractivity contribution is 8.01. The van der Waals surface area contributed by atoms with Crippen molar-refractivity contribution in [3.8, 4) is 0 Å². The third-order valence-corrected chi connectivity index (χ3v) is 5.04. The first-order chi connectivity index (χ1) is 10.6. The highest BCUT2D eigenvalue weighted by atomic mass is 32.2. The van der Waals surface area contributed by atoms with Gasteiger partial charge in [-0.2, -0.15) is 0 Å². The number of benzene rings is 2. The second-order valence-electron chi connectivity index (χ2n) is 5.42. The molecule has 0 spiro atoms. The minimum Gasteiger partial charge on any atom is -0.347 e. The van der Waals surface area contributed by atoms with Crippen molar-refractivity contribution in [3.05, 3.63) is 71.3 Å². The summed E-state index contributed by atoms with van der Waals surface area (Å²) in [7, 11) is 0. The third kappa shape index (κ3) is 3.07. The molecule has 3 nitrogen and oxygen atoms in total. The van der Waals surface area contributed by atoms with Crippen LogP contribution in [0.4, 0.5) is 0 Å². The van der Waals surface area contributed by atoms with E-state index in [-0.39, 0.29) is 23.0 Å². The fourth-order valence-electron chi connectivity index (χ4n) is 2.58. The molecular formula is C18H17NO2S. The van der Waals surface area contributed by atoms with Crippen LogP contribution in [0.5, 0.6) is 0 Å². The molecule has 0 aliphatic carbocycles. The van der Waals surface area contributed by atoms with Gasteiger partial charge in [0.15, 0.2) is 5.78 Å². The van der Waals surface area contributed by atoms with Gasteiger partial charge in [-0.1, -0.05) is 60.2 Å². The number of Topliss-reactive ketones (excluding diaryl/α,β-unsaturated/α-hetero) is 1. The Hall–Kier alpha value is -2.07. The largest absolute Gasteiger partial charge is 0.347 e. The van der Waals surface area contributed by atoms with Gasteiger partial charge in [0.25, 0.3) is 0 Å². The van der Waals surface area contributed by atoms with E-state index in [0.717, 1.165) is 11.1 Å². The smallest absolute Gasteiger partial charge is 0.230 e. The molecule has 2 aromatic rings. The van der Waals surface area contributed by atoms with Crippen LogP contribution in [0.25, 0.3) is 0 Å². The average Bonchev–Trinajstić information content (AvgIpc) is 2.56. The Balaban J connectivity index is 1.92. The number of hydrogen-bond acceptors (Lipinski definition) is 3. The van der Waals surface area contributed by atoms with Crippen LogP contribution in [-0.4, -0.2) is 22.7 Å². The standard InChI is InChI=1S/C18H17NO2S/c1-12-7-9-13(10-8-12)16-18(22-11-15(20)19-16)17(21)14-5-3-2-4-6-14/h2-10,16,18H,11H2,1H3,(H,19,20)/t16-,18+/m0/s1. The lowest BCUT2D eigenvalue weighted by Gasteiger charge is -2.31. The van der Waals surface area contributed by atoms with E-state index < -0.39 is 0 Å². The third-order valence-electron chi connectivity index (χ3n) is 3.77. The molecule has 2 aromatic carbocycles. The normalized spacial score (nSPS) is 21.2. The Bertz CT molecular complexity index is 682. The quantitative estimate of drug-likeness (QED) is 0.886. The van der Waals surface area contributed by atoms with Gasteiger partial charge < -0.3 is 5.32 Å². The van der Waals surface area contributed by atoms with Crippen LogP contribution in [0.3, 0.4) is 0 Å². The summed E-state index contributed by atoms with van der Waals surface area (Å²) >= 11 is 1.42. The van der Waals surface area contributed by atoms with Crippen molar-refractivity contribution in [2.24, 2.45) is 0 Å². The molecule has 4 heteroatoms. The summed E-state index contributed by atoms with van der Waals surface area (Å²) in [4.78, 5) is 24.6. The number of aryl methyl sites for hydroxylation is 1. The minimum atomic E-state index is -0.289. The average molecular weight is 311 g/mol. The first kappa shape index (κ1) is 14.9. The van der Waals surface area contributed by atoms with E-state index in [9.17, 15) is 9.59 Å². The van der Waals surface area contributed by atoms with Crippen molar-refractivity contribution in [2.45, 2.75) is 18.2 Å². The van der Waals surface area contributed by atoms with Crippen molar-refractivity contribution in [1.29, 1.82) is 0 Å². The zero-order chi connectivity index (χ0) is 15.5. The van der Waals surface area contributed by atoms with Gasteiger partial charge in [-0.15, -0.1) is 11.8 Å². The summed E-state index contributed by atoms with van der Waals surface area (Å²) in [6.07, 6.45) is 0. The Labute approximate surface area is 134 Å². The number of carbonyl (C=O) groups excluding carboxylic acids is 2. The number of thioether (sulfide) groups is 1. The van der Waals surface area contributed by atoms with Crippen LogP contribution in [-0.2, 0) is 4.79 Å². The predicted octanol–water partition coefficient (Wildman–Crippen LogP) is 3.15. The Morgan fingerprint density at radius 1 is 1.09 bits per heavy atom. The molecule has 1 N–H and O–H groups in total. The van der Waals surface area contributed by atoms with Crippen LogP contribution < -0.4 is 5.32 Å². The number of hydrogen-bond donors (Lipinski definition) is 1. The Morgan fingerprint density at radius 3 is 2.45 bits per heavy atom. The molecule has 0 unspecified atom stereocenters. The molecule has 112 valence electrons. The van der Waals surface area contributed by atoms with E-state index in [1.54, 1.807) is 0 Å². The summed E-state index contributed by atoms with van der Waals surface area (Å²) in [5.41, 5.74) is 2.82. The van der Waals surface area contributed by atoms with E-state index >= 15 is 0 Å². The lowest BCUT2D eigenvalue weighted by Crippen LogP contribution is -2.44. The fourth-order valence-corrected chi connectivity index (χ4v) is 3.70. The molecule has 1 fully saturated rings. The van der Waals surface area contributed by atoms with E-state index in [4.69, 9.17) is 0 Å². The monoisotopic (exact) mass is 311 g/mol. The summed E-state index contributed by atoms with van der Waals surface area (Å²) < 4.78 is 0. The molecule has 1 saturated heterocycles. The summed E-state index contributed by atoms with van der Waals surface area (Å²) in [6, 6.07) is 17.0. The molecule has 0 bridgehead atoms. The SMILES string of the molecule is Cc1ccc([C@@H]2NC(=O)CS[C@H]2C(=O)c2ccccc2)cc1. The first-order valence-electron chi connectivity index (χ1n) is 7.22. The molecule has 3 rings (SSSR count). The first-order valence-corrected chi connectivity index (χ1v) is 8.27. The van der Waals surface area contributed by atoms with Crippen molar-refractivity contribution >= 4 is 23.5 Å². The van der Waals surface area contributed by atoms with Crippen LogP contribution in [0, 0.1) is 6.92 Å². The van der Waals surface area contributed by atoms with Gasteiger partial charge in [0.2, 0.25) is 5.91 Å². The number of amides is 1. The Kier molecular flexibility index (Phi) is 4.29. The van der Waals surface area contributed by atoms with Gasteiger partial charge >= 0.3 is 0 Å². The van der Waals surface area contributed by atoms with Gasteiger partial charge in [0, 0.05) is 5.56 Å². The van der Waals surface area contributed by atoms with Crippen molar-refractivity contribution in [3.63, 3.8) is 0 Å². The maximum Gasteiger partial charge on any atom is 0.230 e. The molecule has 1 aliphatic rings. The lowest BCUT2D eigenvalue weighted by atomic mass is 9.96. The fraction of sp³-hybridized carbons (Fsp3) is 0.222. The molecule has 1 amide bonds. The van der Waals surface area contributed by atoms with E-state index in [0.29, 0.717) is 11.3 Å². The molecule has 22 heavy (non-hydrogen) atoms. The number of ketones is 1. The lowest BCUT2D eigenvalue weighted by molar-refractivity contribution is -0.119. The highest BCUT2D eigenvalue weighted by Gasteiger charge is 2.35. The summed E-state index contributed by atoms with van der Waals surface area (Å²) in [5.74, 6) is 0.370. The summed E-state index contributed by atoms with van der Waals surface area (Å²) in [5, 5.41) is 2.68. The van der Waals surface area contributed by atoms with Crippen LogP contribution in [0.2, 0.25) is 0 Å². The molecule has 0 saturated carbocycles. The molecule has 2 atom stereocenters. The summed E-state index contributed by atoms with van der Waals surface area (Å²) in [6.45, 7) is 2.02. The van der Waals surface area contributed by atoms with Crippen molar-refractivity contribution < 1.29 is 9.59 Å². The van der Waals surface area contributed by atoms with Crippen molar-refractivity contribution in [2.75, 3.05) is 5.75 Å². The van der Waals surface area contributed by atoms with Gasteiger partial charge in [-0.25, -0.2) is 0 Å². The minimum absolute atomic E-state index is 0.0207. The Morgan fingerprint density at radius 2 is 1.77 bits per heavy atom. The van der Waals surface area contributed by atoms with Gasteiger partial charge in [-0.05, 0) is 12.5 Å². The highest BCUT2D eigenvalue weighted by Crippen LogP contribution is 2.33.